The molecule has 0 aliphatic rings. The highest BCUT2D eigenvalue weighted by atomic mass is 32.2. The lowest BCUT2D eigenvalue weighted by atomic mass is 10.0. The van der Waals surface area contributed by atoms with Crippen molar-refractivity contribution in [2.75, 3.05) is 17.9 Å². The van der Waals surface area contributed by atoms with Gasteiger partial charge >= 0.3 is 0 Å². The van der Waals surface area contributed by atoms with E-state index in [9.17, 15) is 26.8 Å². The van der Waals surface area contributed by atoms with Crippen LogP contribution in [0.1, 0.15) is 16.7 Å². The first-order valence-corrected chi connectivity index (χ1v) is 14.7. The lowest BCUT2D eigenvalue weighted by Gasteiger charge is -2.33. The first kappa shape index (κ1) is 30.4. The summed E-state index contributed by atoms with van der Waals surface area (Å²) in [6.45, 7) is 0.792. The van der Waals surface area contributed by atoms with E-state index in [0.717, 1.165) is 27.6 Å². The number of likely N-dealkylation sites (N-methyl/N-ethyl adjacent to an activating group) is 1. The Bertz CT molecular complexity index is 1630. The molecule has 0 spiro atoms. The van der Waals surface area contributed by atoms with Gasteiger partial charge in [0.2, 0.25) is 11.8 Å². The van der Waals surface area contributed by atoms with Crippen molar-refractivity contribution in [1.29, 1.82) is 0 Å². The largest absolute Gasteiger partial charge is 0.357 e. The summed E-state index contributed by atoms with van der Waals surface area (Å²) in [6.07, 6.45) is 0.0992. The highest BCUT2D eigenvalue weighted by molar-refractivity contribution is 7.92. The number of amides is 2. The van der Waals surface area contributed by atoms with Crippen LogP contribution in [0, 0.1) is 18.6 Å². The molecule has 0 aromatic heterocycles. The number of sulfonamides is 1. The Balaban J connectivity index is 1.79. The molecule has 0 bridgehead atoms. The van der Waals surface area contributed by atoms with Crippen molar-refractivity contribution in [3.63, 3.8) is 0 Å². The first-order valence-electron chi connectivity index (χ1n) is 13.2. The number of benzene rings is 4. The minimum absolute atomic E-state index is 0.0516. The third-order valence-electron chi connectivity index (χ3n) is 6.82. The zero-order chi connectivity index (χ0) is 30.3. The molecule has 1 N–H and O–H groups in total. The highest BCUT2D eigenvalue weighted by Gasteiger charge is 2.34. The average Bonchev–Trinajstić information content (AvgIpc) is 2.99. The first-order chi connectivity index (χ1) is 20.1. The summed E-state index contributed by atoms with van der Waals surface area (Å²) in [5.41, 5.74) is 1.79. The molecule has 4 aromatic carbocycles. The molecule has 0 aliphatic carbocycles. The molecule has 4 rings (SSSR count). The van der Waals surface area contributed by atoms with Crippen LogP contribution in [-0.2, 0) is 32.6 Å². The zero-order valence-corrected chi connectivity index (χ0v) is 24.0. The lowest BCUT2D eigenvalue weighted by molar-refractivity contribution is -0.139. The molecule has 42 heavy (non-hydrogen) atoms. The van der Waals surface area contributed by atoms with E-state index in [4.69, 9.17) is 0 Å². The Hall–Kier alpha value is -4.57. The van der Waals surface area contributed by atoms with Gasteiger partial charge in [-0.05, 0) is 55.0 Å². The summed E-state index contributed by atoms with van der Waals surface area (Å²) >= 11 is 0. The number of carbonyl (C=O) groups excluding carboxylic acids is 2. The summed E-state index contributed by atoms with van der Waals surface area (Å²) in [5.74, 6) is -2.41. The molecule has 218 valence electrons. The molecular formula is C32H31F2N3O4S. The van der Waals surface area contributed by atoms with Crippen LogP contribution in [0.2, 0.25) is 0 Å². The number of nitrogens with one attached hydrogen (secondary N) is 1. The Morgan fingerprint density at radius 1 is 0.833 bits per heavy atom. The Labute approximate surface area is 244 Å². The van der Waals surface area contributed by atoms with Gasteiger partial charge in [0.15, 0.2) is 0 Å². The van der Waals surface area contributed by atoms with Gasteiger partial charge in [-0.25, -0.2) is 17.2 Å². The summed E-state index contributed by atoms with van der Waals surface area (Å²) in [5, 5.41) is 2.57. The number of rotatable bonds is 11. The standard InChI is InChI=1S/C32H31F2N3O4S/c1-23-12-18-28(19-13-23)42(40,41)37(27-16-14-26(33)15-17-27)22-31(38)36(21-25-10-6-7-11-29(25)34)30(32(39)35-2)20-24-8-4-3-5-9-24/h3-19,30H,20-22H2,1-2H3,(H,35,39). The maximum Gasteiger partial charge on any atom is 0.264 e. The van der Waals surface area contributed by atoms with E-state index in [1.165, 1.54) is 54.4 Å². The van der Waals surface area contributed by atoms with Gasteiger partial charge in [-0.1, -0.05) is 66.2 Å². The predicted molar refractivity (Wildman–Crippen MR) is 157 cm³/mol. The minimum Gasteiger partial charge on any atom is -0.357 e. The number of halogens is 2. The van der Waals surface area contributed by atoms with Gasteiger partial charge in [0.05, 0.1) is 10.6 Å². The van der Waals surface area contributed by atoms with Gasteiger partial charge in [-0.15, -0.1) is 0 Å². The van der Waals surface area contributed by atoms with Gasteiger partial charge in [-0.2, -0.15) is 0 Å². The van der Waals surface area contributed by atoms with Gasteiger partial charge < -0.3 is 10.2 Å². The molecule has 0 fully saturated rings. The van der Waals surface area contributed by atoms with Crippen LogP contribution in [0.3, 0.4) is 0 Å². The minimum atomic E-state index is -4.31. The molecule has 0 aliphatic heterocycles. The molecule has 2 amide bonds. The van der Waals surface area contributed by atoms with E-state index in [1.54, 1.807) is 42.5 Å². The summed E-state index contributed by atoms with van der Waals surface area (Å²) < 4.78 is 57.2. The normalized spacial score (nSPS) is 11.9. The van der Waals surface area contributed by atoms with E-state index in [-0.39, 0.29) is 29.1 Å². The molecular weight excluding hydrogens is 560 g/mol. The highest BCUT2D eigenvalue weighted by Crippen LogP contribution is 2.26. The van der Waals surface area contributed by atoms with Crippen LogP contribution in [0.5, 0.6) is 0 Å². The van der Waals surface area contributed by atoms with Gasteiger partial charge in [0.25, 0.3) is 10.0 Å². The maximum absolute atomic E-state index is 14.8. The smallest absolute Gasteiger partial charge is 0.264 e. The van der Waals surface area contributed by atoms with Crippen LogP contribution < -0.4 is 9.62 Å². The average molecular weight is 592 g/mol. The molecule has 10 heteroatoms. The van der Waals surface area contributed by atoms with E-state index in [1.807, 2.05) is 13.0 Å². The van der Waals surface area contributed by atoms with Gasteiger partial charge in [0, 0.05) is 25.6 Å². The van der Waals surface area contributed by atoms with Crippen LogP contribution in [-0.4, -0.2) is 44.8 Å². The summed E-state index contributed by atoms with van der Waals surface area (Å²) in [7, 11) is -2.89. The number of hydrogen-bond donors (Lipinski definition) is 1. The maximum atomic E-state index is 14.8. The monoisotopic (exact) mass is 591 g/mol. The van der Waals surface area contributed by atoms with Crippen LogP contribution in [0.15, 0.2) is 108 Å². The second kappa shape index (κ2) is 13.4. The Morgan fingerprint density at radius 2 is 1.45 bits per heavy atom. The van der Waals surface area contributed by atoms with Crippen molar-refractivity contribution in [1.82, 2.24) is 10.2 Å². The fourth-order valence-corrected chi connectivity index (χ4v) is 5.92. The number of aryl methyl sites for hydroxylation is 1. The summed E-state index contributed by atoms with van der Waals surface area (Å²) in [6, 6.07) is 24.6. The van der Waals surface area contributed by atoms with Crippen molar-refractivity contribution in [3.8, 4) is 0 Å². The number of nitrogens with zero attached hydrogens (tertiary/aromatic N) is 2. The van der Waals surface area contributed by atoms with Crippen LogP contribution >= 0.6 is 0 Å². The molecule has 0 heterocycles. The third kappa shape index (κ3) is 7.19. The van der Waals surface area contributed by atoms with E-state index in [2.05, 4.69) is 5.32 Å². The second-order valence-corrected chi connectivity index (χ2v) is 11.6. The molecule has 0 saturated heterocycles. The fourth-order valence-electron chi connectivity index (χ4n) is 4.50. The number of anilines is 1. The van der Waals surface area contributed by atoms with Crippen molar-refractivity contribution >= 4 is 27.5 Å². The fraction of sp³-hybridized carbons (Fsp3) is 0.188. The number of hydrogen-bond acceptors (Lipinski definition) is 4. The van der Waals surface area contributed by atoms with Crippen LogP contribution in [0.25, 0.3) is 0 Å². The molecule has 0 radical (unpaired) electrons. The topological polar surface area (TPSA) is 86.8 Å². The Morgan fingerprint density at radius 3 is 2.07 bits per heavy atom. The molecule has 0 saturated carbocycles. The van der Waals surface area contributed by atoms with Gasteiger partial charge in [0.1, 0.15) is 24.2 Å². The van der Waals surface area contributed by atoms with Crippen LogP contribution in [0.4, 0.5) is 14.5 Å². The zero-order valence-electron chi connectivity index (χ0n) is 23.2. The van der Waals surface area contributed by atoms with E-state index >= 15 is 0 Å². The molecule has 4 aromatic rings. The Kier molecular flexibility index (Phi) is 9.69. The quantitative estimate of drug-likeness (QED) is 0.270. The predicted octanol–water partition coefficient (Wildman–Crippen LogP) is 4.85. The SMILES string of the molecule is CNC(=O)C(Cc1ccccc1)N(Cc1ccccc1F)C(=O)CN(c1ccc(F)cc1)S(=O)(=O)c1ccc(C)cc1. The second-order valence-electron chi connectivity index (χ2n) is 9.73. The van der Waals surface area contributed by atoms with Crippen molar-refractivity contribution < 1.29 is 26.8 Å². The van der Waals surface area contributed by atoms with Gasteiger partial charge in [-0.3, -0.25) is 13.9 Å². The lowest BCUT2D eigenvalue weighted by Crippen LogP contribution is -2.53. The van der Waals surface area contributed by atoms with Crippen molar-refractivity contribution in [2.45, 2.75) is 30.8 Å². The molecule has 1 atom stereocenters. The van der Waals surface area contributed by atoms with Crippen molar-refractivity contribution in [3.05, 3.63) is 131 Å². The third-order valence-corrected chi connectivity index (χ3v) is 8.61. The van der Waals surface area contributed by atoms with E-state index < -0.39 is 46.1 Å². The molecule has 7 nitrogen and oxygen atoms in total. The number of carbonyl (C=O) groups is 2. The summed E-state index contributed by atoms with van der Waals surface area (Å²) in [4.78, 5) is 28.5. The van der Waals surface area contributed by atoms with E-state index in [0.29, 0.717) is 0 Å². The van der Waals surface area contributed by atoms with Crippen molar-refractivity contribution in [2.24, 2.45) is 0 Å². The molecule has 1 unspecified atom stereocenters.